The molecule has 68 heavy (non-hydrogen) atoms. The predicted molar refractivity (Wildman–Crippen MR) is 279 cm³/mol. The molecule has 5 nitrogen and oxygen atoms in total. The number of furan rings is 1. The van der Waals surface area contributed by atoms with E-state index in [0.29, 0.717) is 17.5 Å². The zero-order chi connectivity index (χ0) is 45.0. The van der Waals surface area contributed by atoms with E-state index in [1.54, 1.807) is 0 Å². The van der Waals surface area contributed by atoms with Crippen LogP contribution in [0.15, 0.2) is 247 Å². The lowest BCUT2D eigenvalue weighted by atomic mass is 9.85. The minimum Gasteiger partial charge on any atom is -0.455 e. The van der Waals surface area contributed by atoms with E-state index in [1.165, 1.54) is 0 Å². The maximum Gasteiger partial charge on any atom is 0.164 e. The van der Waals surface area contributed by atoms with Crippen LogP contribution in [0.4, 0.5) is 0 Å². The largest absolute Gasteiger partial charge is 0.455 e. The Bertz CT molecular complexity index is 3880. The van der Waals surface area contributed by atoms with Crippen molar-refractivity contribution in [1.82, 2.24) is 19.5 Å². The third-order valence-electron chi connectivity index (χ3n) is 13.1. The highest BCUT2D eigenvalue weighted by atomic mass is 16.3. The maximum atomic E-state index is 7.29. The van der Waals surface area contributed by atoms with Crippen LogP contribution < -0.4 is 0 Å². The van der Waals surface area contributed by atoms with Crippen LogP contribution in [0.5, 0.6) is 0 Å². The van der Waals surface area contributed by atoms with Crippen LogP contribution in [-0.2, 0) is 0 Å². The van der Waals surface area contributed by atoms with E-state index in [1.807, 2.05) is 36.4 Å². The molecule has 13 aromatic rings. The predicted octanol–water partition coefficient (Wildman–Crippen LogP) is 16.5. The molecule has 3 heterocycles. The lowest BCUT2D eigenvalue weighted by molar-refractivity contribution is 0.674. The summed E-state index contributed by atoms with van der Waals surface area (Å²) in [5, 5.41) is 4.33. The monoisotopic (exact) mass is 868 g/mol. The second-order valence-corrected chi connectivity index (χ2v) is 17.1. The number of benzene rings is 10. The Hall–Kier alpha value is -9.19. The summed E-state index contributed by atoms with van der Waals surface area (Å²) in [6.07, 6.45) is 0. The summed E-state index contributed by atoms with van der Waals surface area (Å²) in [6, 6.07) is 85.1. The quantitative estimate of drug-likeness (QED) is 0.153. The van der Waals surface area contributed by atoms with Gasteiger partial charge in [-0.25, -0.2) is 15.0 Å². The number of para-hydroxylation sites is 3. The van der Waals surface area contributed by atoms with Crippen molar-refractivity contribution < 1.29 is 4.42 Å². The van der Waals surface area contributed by atoms with Crippen LogP contribution in [0.2, 0.25) is 0 Å². The zero-order valence-corrected chi connectivity index (χ0v) is 36.8. The lowest BCUT2D eigenvalue weighted by Crippen LogP contribution is -2.01. The smallest absolute Gasteiger partial charge is 0.164 e. The van der Waals surface area contributed by atoms with Crippen molar-refractivity contribution in [1.29, 1.82) is 0 Å². The highest BCUT2D eigenvalue weighted by molar-refractivity contribution is 6.25. The third-order valence-corrected chi connectivity index (χ3v) is 13.1. The van der Waals surface area contributed by atoms with Crippen LogP contribution in [-0.4, -0.2) is 19.5 Å². The van der Waals surface area contributed by atoms with Gasteiger partial charge in [0.05, 0.1) is 16.4 Å². The van der Waals surface area contributed by atoms with Gasteiger partial charge in [0.1, 0.15) is 11.2 Å². The van der Waals surface area contributed by atoms with Gasteiger partial charge in [-0.3, -0.25) is 0 Å². The maximum absolute atomic E-state index is 7.29. The molecular weight excluding hydrogens is 829 g/mol. The summed E-state index contributed by atoms with van der Waals surface area (Å²) in [6.45, 7) is 0. The normalized spacial score (nSPS) is 11.5. The molecule has 318 valence electrons. The molecule has 0 N–H and O–H groups in total. The number of aromatic nitrogens is 4. The van der Waals surface area contributed by atoms with Gasteiger partial charge in [0.25, 0.3) is 0 Å². The van der Waals surface area contributed by atoms with Crippen molar-refractivity contribution in [2.45, 2.75) is 0 Å². The van der Waals surface area contributed by atoms with Gasteiger partial charge in [0.2, 0.25) is 0 Å². The second-order valence-electron chi connectivity index (χ2n) is 17.1. The third kappa shape index (κ3) is 6.59. The van der Waals surface area contributed by atoms with Gasteiger partial charge in [-0.1, -0.05) is 206 Å². The molecule has 0 fully saturated rings. The van der Waals surface area contributed by atoms with Crippen LogP contribution in [0, 0.1) is 0 Å². The fourth-order valence-electron chi connectivity index (χ4n) is 10.0. The van der Waals surface area contributed by atoms with Crippen molar-refractivity contribution in [2.24, 2.45) is 0 Å². The minimum absolute atomic E-state index is 0.564. The highest BCUT2D eigenvalue weighted by Gasteiger charge is 2.24. The molecule has 0 unspecified atom stereocenters. The Balaban J connectivity index is 1.11. The molecule has 10 aromatic carbocycles. The lowest BCUT2D eigenvalue weighted by Gasteiger charge is -2.19. The molecule has 13 rings (SSSR count). The van der Waals surface area contributed by atoms with Crippen molar-refractivity contribution in [3.63, 3.8) is 0 Å². The summed E-state index contributed by atoms with van der Waals surface area (Å²) in [4.78, 5) is 15.8. The first-order valence-corrected chi connectivity index (χ1v) is 22.9. The molecule has 0 atom stereocenters. The standard InChI is InChI=1S/C63H40N4O/c1-6-20-41(21-7-1)47-31-18-32-48(42-22-8-2-9-23-42)57(47)45-36-37-49(54(40-45)63-65-61(43-24-10-3-11-25-43)64-62(66-63)44-26-12-4-13-27-44)50-33-19-34-51-52-38-39-56-58(60(52)68-59(50)51)53-30-16-17-35-55(53)67(56)46-28-14-5-15-29-46/h1-40H. The number of rotatable bonds is 8. The number of hydrogen-bond acceptors (Lipinski definition) is 4. The molecule has 0 saturated carbocycles. The van der Waals surface area contributed by atoms with E-state index in [0.717, 1.165) is 111 Å². The molecule has 5 heteroatoms. The van der Waals surface area contributed by atoms with Gasteiger partial charge in [-0.15, -0.1) is 0 Å². The summed E-state index contributed by atoms with van der Waals surface area (Å²) in [5.41, 5.74) is 16.3. The Morgan fingerprint density at radius 1 is 0.294 bits per heavy atom. The van der Waals surface area contributed by atoms with Crippen LogP contribution in [0.25, 0.3) is 128 Å². The van der Waals surface area contributed by atoms with E-state index in [9.17, 15) is 0 Å². The first-order chi connectivity index (χ1) is 33.7. The summed E-state index contributed by atoms with van der Waals surface area (Å²) < 4.78 is 9.62. The number of fused-ring (bicyclic) bond motifs is 7. The first-order valence-electron chi connectivity index (χ1n) is 22.9. The van der Waals surface area contributed by atoms with Gasteiger partial charge >= 0.3 is 0 Å². The molecule has 0 aliphatic carbocycles. The number of hydrogen-bond donors (Lipinski definition) is 0. The van der Waals surface area contributed by atoms with E-state index in [-0.39, 0.29) is 0 Å². The fourth-order valence-corrected chi connectivity index (χ4v) is 10.0. The van der Waals surface area contributed by atoms with Crippen molar-refractivity contribution in [3.05, 3.63) is 243 Å². The Kier molecular flexibility index (Phi) is 9.43. The van der Waals surface area contributed by atoms with E-state index in [4.69, 9.17) is 19.4 Å². The molecular formula is C63H40N4O. The molecule has 0 bridgehead atoms. The van der Waals surface area contributed by atoms with Crippen molar-refractivity contribution in [2.75, 3.05) is 0 Å². The Morgan fingerprint density at radius 3 is 1.43 bits per heavy atom. The molecule has 0 radical (unpaired) electrons. The van der Waals surface area contributed by atoms with Crippen LogP contribution in [0.3, 0.4) is 0 Å². The van der Waals surface area contributed by atoms with Gasteiger partial charge in [-0.2, -0.15) is 0 Å². The molecule has 3 aromatic heterocycles. The summed E-state index contributed by atoms with van der Waals surface area (Å²) in [7, 11) is 0. The molecule has 0 amide bonds. The van der Waals surface area contributed by atoms with Gasteiger partial charge in [0.15, 0.2) is 17.5 Å². The van der Waals surface area contributed by atoms with E-state index < -0.39 is 0 Å². The summed E-state index contributed by atoms with van der Waals surface area (Å²) in [5.74, 6) is 1.76. The fraction of sp³-hybridized carbons (Fsp3) is 0. The number of nitrogens with zero attached hydrogens (tertiary/aromatic N) is 4. The average Bonchev–Trinajstić information content (AvgIpc) is 3.98. The van der Waals surface area contributed by atoms with E-state index >= 15 is 0 Å². The van der Waals surface area contributed by atoms with Gasteiger partial charge in [-0.05, 0) is 75.3 Å². The van der Waals surface area contributed by atoms with Crippen molar-refractivity contribution in [3.8, 4) is 84.4 Å². The van der Waals surface area contributed by atoms with Crippen LogP contribution >= 0.6 is 0 Å². The Labute approximate surface area is 392 Å². The van der Waals surface area contributed by atoms with Crippen LogP contribution in [0.1, 0.15) is 0 Å². The summed E-state index contributed by atoms with van der Waals surface area (Å²) >= 11 is 0. The molecule has 0 spiro atoms. The minimum atomic E-state index is 0.564. The topological polar surface area (TPSA) is 56.7 Å². The first kappa shape index (κ1) is 39.2. The molecule has 0 aliphatic rings. The highest BCUT2D eigenvalue weighted by Crippen LogP contribution is 2.47. The van der Waals surface area contributed by atoms with E-state index in [2.05, 4.69) is 211 Å². The average molecular weight is 869 g/mol. The van der Waals surface area contributed by atoms with Crippen molar-refractivity contribution >= 4 is 43.7 Å². The Morgan fingerprint density at radius 2 is 0.794 bits per heavy atom. The molecule has 0 saturated heterocycles. The van der Waals surface area contributed by atoms with Gasteiger partial charge in [0, 0.05) is 44.1 Å². The van der Waals surface area contributed by atoms with Gasteiger partial charge < -0.3 is 8.98 Å². The SMILES string of the molecule is c1ccc(-c2nc(-c3ccccc3)nc(-c3cc(-c4c(-c5ccccc5)cccc4-c4ccccc4)ccc3-c3cccc4c3oc3c4ccc4c3c3ccccc3n4-c3ccccc3)n2)cc1. The zero-order valence-electron chi connectivity index (χ0n) is 36.8. The second kappa shape index (κ2) is 16.4. The molecule has 0 aliphatic heterocycles.